The zero-order valence-electron chi connectivity index (χ0n) is 12.6. The maximum absolute atomic E-state index is 11.9. The highest BCUT2D eigenvalue weighted by Crippen LogP contribution is 2.05. The Hall–Kier alpha value is -2.69. The van der Waals surface area contributed by atoms with Crippen LogP contribution in [0.5, 0.6) is 0 Å². The third kappa shape index (κ3) is 4.41. The molecule has 0 radical (unpaired) electrons. The number of nitrogens with zero attached hydrogens (tertiary/aromatic N) is 1. The fourth-order valence-corrected chi connectivity index (χ4v) is 1.80. The van der Waals surface area contributed by atoms with Crippen molar-refractivity contribution in [1.82, 2.24) is 10.3 Å². The van der Waals surface area contributed by atoms with Gasteiger partial charge in [0, 0.05) is 18.4 Å². The molecule has 1 atom stereocenters. The van der Waals surface area contributed by atoms with E-state index in [9.17, 15) is 9.59 Å². The third-order valence-electron chi connectivity index (χ3n) is 3.11. The molecule has 2 rings (SSSR count). The Morgan fingerprint density at radius 1 is 1.18 bits per heavy atom. The fourth-order valence-electron chi connectivity index (χ4n) is 1.80. The van der Waals surface area contributed by atoms with E-state index in [1.807, 2.05) is 37.3 Å². The molecular weight excluding hydrogens is 280 g/mol. The Morgan fingerprint density at radius 2 is 1.91 bits per heavy atom. The average Bonchev–Trinajstić information content (AvgIpc) is 2.54. The van der Waals surface area contributed by atoms with Gasteiger partial charge >= 0.3 is 5.97 Å². The predicted molar refractivity (Wildman–Crippen MR) is 82.1 cm³/mol. The third-order valence-corrected chi connectivity index (χ3v) is 3.11. The molecule has 1 unspecified atom stereocenters. The van der Waals surface area contributed by atoms with E-state index in [2.05, 4.69) is 10.3 Å². The molecule has 0 fully saturated rings. The van der Waals surface area contributed by atoms with E-state index in [0.29, 0.717) is 12.1 Å². The van der Waals surface area contributed by atoms with Gasteiger partial charge in [-0.2, -0.15) is 0 Å². The lowest BCUT2D eigenvalue weighted by Gasteiger charge is -2.13. The molecule has 2 aromatic rings. The molecule has 1 aromatic carbocycles. The quantitative estimate of drug-likeness (QED) is 0.860. The monoisotopic (exact) mass is 298 g/mol. The van der Waals surface area contributed by atoms with Gasteiger partial charge in [-0.25, -0.2) is 4.79 Å². The summed E-state index contributed by atoms with van der Waals surface area (Å²) in [6, 6.07) is 12.9. The lowest BCUT2D eigenvalue weighted by Crippen LogP contribution is -2.35. The van der Waals surface area contributed by atoms with E-state index < -0.39 is 12.1 Å². The van der Waals surface area contributed by atoms with Crippen LogP contribution in [0.1, 0.15) is 28.5 Å². The summed E-state index contributed by atoms with van der Waals surface area (Å²) in [7, 11) is 0. The molecule has 0 bridgehead atoms. The molecule has 1 N–H and O–H groups in total. The van der Waals surface area contributed by atoms with Crippen LogP contribution in [0.3, 0.4) is 0 Å². The minimum absolute atomic E-state index is 0.327. The second kappa shape index (κ2) is 7.36. The lowest BCUT2D eigenvalue weighted by atomic mass is 10.2. The van der Waals surface area contributed by atoms with Gasteiger partial charge in [-0.1, -0.05) is 30.3 Å². The molecule has 1 heterocycles. The summed E-state index contributed by atoms with van der Waals surface area (Å²) >= 11 is 0. The number of aryl methyl sites for hydroxylation is 1. The summed E-state index contributed by atoms with van der Waals surface area (Å²) in [6.45, 7) is 3.77. The van der Waals surface area contributed by atoms with Crippen molar-refractivity contribution in [1.29, 1.82) is 0 Å². The SMILES string of the molecule is Cc1ccc(C(=O)OC(C)C(=O)NCc2ccccc2)cn1. The summed E-state index contributed by atoms with van der Waals surface area (Å²) in [5.74, 6) is -0.896. The van der Waals surface area contributed by atoms with Gasteiger partial charge in [0.15, 0.2) is 6.10 Å². The second-order valence-electron chi connectivity index (χ2n) is 4.94. The molecule has 114 valence electrons. The van der Waals surface area contributed by atoms with Crippen molar-refractivity contribution < 1.29 is 14.3 Å². The van der Waals surface area contributed by atoms with Crippen molar-refractivity contribution in [3.05, 3.63) is 65.5 Å². The number of pyridine rings is 1. The van der Waals surface area contributed by atoms with E-state index >= 15 is 0 Å². The van der Waals surface area contributed by atoms with Crippen LogP contribution < -0.4 is 5.32 Å². The van der Waals surface area contributed by atoms with Crippen LogP contribution in [0.4, 0.5) is 0 Å². The van der Waals surface area contributed by atoms with E-state index in [1.165, 1.54) is 6.20 Å². The van der Waals surface area contributed by atoms with Crippen molar-refractivity contribution in [3.8, 4) is 0 Å². The number of nitrogens with one attached hydrogen (secondary N) is 1. The van der Waals surface area contributed by atoms with Crippen LogP contribution in [0.15, 0.2) is 48.7 Å². The number of ether oxygens (including phenoxy) is 1. The Bertz CT molecular complexity index is 639. The van der Waals surface area contributed by atoms with Gasteiger partial charge in [0.25, 0.3) is 5.91 Å². The van der Waals surface area contributed by atoms with Crippen LogP contribution in [0.25, 0.3) is 0 Å². The van der Waals surface area contributed by atoms with Crippen LogP contribution in [-0.4, -0.2) is 23.0 Å². The van der Waals surface area contributed by atoms with Crippen LogP contribution in [0, 0.1) is 6.92 Å². The van der Waals surface area contributed by atoms with Crippen LogP contribution >= 0.6 is 0 Å². The van der Waals surface area contributed by atoms with Gasteiger partial charge in [-0.05, 0) is 31.5 Å². The number of aromatic nitrogens is 1. The van der Waals surface area contributed by atoms with Crippen molar-refractivity contribution in [2.24, 2.45) is 0 Å². The number of amides is 1. The van der Waals surface area contributed by atoms with Gasteiger partial charge in [0.1, 0.15) is 0 Å². The highest BCUT2D eigenvalue weighted by Gasteiger charge is 2.18. The first-order valence-electron chi connectivity index (χ1n) is 7.01. The van der Waals surface area contributed by atoms with Crippen LogP contribution in [-0.2, 0) is 16.1 Å². The minimum atomic E-state index is -0.863. The normalized spacial score (nSPS) is 11.5. The Labute approximate surface area is 129 Å². The zero-order chi connectivity index (χ0) is 15.9. The van der Waals surface area contributed by atoms with Crippen molar-refractivity contribution in [2.45, 2.75) is 26.5 Å². The summed E-state index contributed by atoms with van der Waals surface area (Å²) < 4.78 is 5.14. The number of esters is 1. The molecule has 0 saturated carbocycles. The van der Waals surface area contributed by atoms with Crippen molar-refractivity contribution >= 4 is 11.9 Å². The maximum atomic E-state index is 11.9. The maximum Gasteiger partial charge on any atom is 0.340 e. The van der Waals surface area contributed by atoms with E-state index in [-0.39, 0.29) is 5.91 Å². The molecule has 0 aliphatic heterocycles. The Kier molecular flexibility index (Phi) is 5.25. The number of benzene rings is 1. The molecule has 0 aliphatic rings. The number of carbonyl (C=O) groups is 2. The van der Waals surface area contributed by atoms with Gasteiger partial charge in [0.05, 0.1) is 5.56 Å². The van der Waals surface area contributed by atoms with Crippen molar-refractivity contribution in [3.63, 3.8) is 0 Å². The molecular formula is C17H18N2O3. The van der Waals surface area contributed by atoms with Gasteiger partial charge in [-0.15, -0.1) is 0 Å². The summed E-state index contributed by atoms with van der Waals surface area (Å²) in [6.07, 6.45) is 0.573. The lowest BCUT2D eigenvalue weighted by molar-refractivity contribution is -0.129. The van der Waals surface area contributed by atoms with Crippen LogP contribution in [0.2, 0.25) is 0 Å². The zero-order valence-corrected chi connectivity index (χ0v) is 12.6. The summed E-state index contributed by atoms with van der Waals surface area (Å²) in [5, 5.41) is 2.73. The first-order chi connectivity index (χ1) is 10.6. The first kappa shape index (κ1) is 15.7. The summed E-state index contributed by atoms with van der Waals surface area (Å²) in [5.41, 5.74) is 2.12. The molecule has 1 aromatic heterocycles. The molecule has 0 aliphatic carbocycles. The minimum Gasteiger partial charge on any atom is -0.449 e. The highest BCUT2D eigenvalue weighted by atomic mass is 16.5. The smallest absolute Gasteiger partial charge is 0.340 e. The second-order valence-corrected chi connectivity index (χ2v) is 4.94. The number of rotatable bonds is 5. The van der Waals surface area contributed by atoms with Gasteiger partial charge in [0.2, 0.25) is 0 Å². The Balaban J connectivity index is 1.85. The number of hydrogen-bond donors (Lipinski definition) is 1. The molecule has 1 amide bonds. The molecule has 0 saturated heterocycles. The Morgan fingerprint density at radius 3 is 2.55 bits per heavy atom. The first-order valence-corrected chi connectivity index (χ1v) is 7.01. The number of carbonyl (C=O) groups excluding carboxylic acids is 2. The number of hydrogen-bond acceptors (Lipinski definition) is 4. The topological polar surface area (TPSA) is 68.3 Å². The summed E-state index contributed by atoms with van der Waals surface area (Å²) in [4.78, 5) is 27.9. The standard InChI is InChI=1S/C17H18N2O3/c1-12-8-9-15(11-18-12)17(21)22-13(2)16(20)19-10-14-6-4-3-5-7-14/h3-9,11,13H,10H2,1-2H3,(H,19,20). The molecule has 22 heavy (non-hydrogen) atoms. The largest absolute Gasteiger partial charge is 0.449 e. The van der Waals surface area contributed by atoms with E-state index in [4.69, 9.17) is 4.74 Å². The average molecular weight is 298 g/mol. The predicted octanol–water partition coefficient (Wildman–Crippen LogP) is 2.25. The molecule has 0 spiro atoms. The molecule has 5 nitrogen and oxygen atoms in total. The highest BCUT2D eigenvalue weighted by molar-refractivity contribution is 5.91. The van der Waals surface area contributed by atoms with Gasteiger partial charge < -0.3 is 10.1 Å². The van der Waals surface area contributed by atoms with Crippen molar-refractivity contribution in [2.75, 3.05) is 0 Å². The fraction of sp³-hybridized carbons (Fsp3) is 0.235. The molecule has 5 heteroatoms. The van der Waals surface area contributed by atoms with E-state index in [1.54, 1.807) is 19.1 Å². The van der Waals surface area contributed by atoms with Gasteiger partial charge in [-0.3, -0.25) is 9.78 Å². The van der Waals surface area contributed by atoms with E-state index in [0.717, 1.165) is 11.3 Å².